The minimum absolute atomic E-state index is 0.771. The molecule has 1 aromatic carbocycles. The Morgan fingerprint density at radius 2 is 1.90 bits per heavy atom. The molecule has 0 spiro atoms. The van der Waals surface area contributed by atoms with Gasteiger partial charge in [-0.25, -0.2) is 0 Å². The number of aromatic nitrogens is 2. The molecule has 0 saturated carbocycles. The Bertz CT molecular complexity index is 714. The van der Waals surface area contributed by atoms with Crippen LogP contribution in [0.3, 0.4) is 0 Å². The molecule has 0 fully saturated rings. The first-order valence-electron chi connectivity index (χ1n) is 6.53. The highest BCUT2D eigenvalue weighted by atomic mass is 35.5. The van der Waals surface area contributed by atoms with Crippen molar-refractivity contribution in [3.63, 3.8) is 0 Å². The molecule has 0 saturated heterocycles. The molecule has 0 N–H and O–H groups in total. The smallest absolute Gasteiger partial charge is 0.0470 e. The third kappa shape index (κ3) is 2.75. The van der Waals surface area contributed by atoms with Crippen LogP contribution < -0.4 is 0 Å². The molecular formula is C17H15ClN2. The summed E-state index contributed by atoms with van der Waals surface area (Å²) < 4.78 is 2.17. The molecule has 0 bridgehead atoms. The molecule has 3 heteroatoms. The Morgan fingerprint density at radius 1 is 1.10 bits per heavy atom. The maximum Gasteiger partial charge on any atom is 0.0470 e. The number of pyridine rings is 1. The van der Waals surface area contributed by atoms with Crippen LogP contribution in [0.15, 0.2) is 61.2 Å². The second-order valence-electron chi connectivity index (χ2n) is 4.89. The van der Waals surface area contributed by atoms with Crippen molar-refractivity contribution in [3.8, 4) is 11.1 Å². The summed E-state index contributed by atoms with van der Waals surface area (Å²) in [4.78, 5) is 4.20. The van der Waals surface area contributed by atoms with E-state index in [9.17, 15) is 0 Å². The molecule has 0 aliphatic rings. The molecule has 2 nitrogen and oxygen atoms in total. The molecule has 0 unspecified atom stereocenters. The number of rotatable bonds is 3. The van der Waals surface area contributed by atoms with E-state index in [1.807, 2.05) is 30.6 Å². The highest BCUT2D eigenvalue weighted by Gasteiger charge is 2.04. The molecule has 3 aromatic rings. The molecule has 2 aromatic heterocycles. The van der Waals surface area contributed by atoms with E-state index in [1.54, 1.807) is 0 Å². The first-order chi connectivity index (χ1) is 9.72. The zero-order valence-electron chi connectivity index (χ0n) is 11.3. The Morgan fingerprint density at radius 3 is 2.65 bits per heavy atom. The van der Waals surface area contributed by atoms with E-state index in [-0.39, 0.29) is 0 Å². The number of nitrogens with zero attached hydrogens (tertiary/aromatic N) is 2. The maximum absolute atomic E-state index is 5.90. The molecule has 0 amide bonds. The first-order valence-corrected chi connectivity index (χ1v) is 6.91. The Kier molecular flexibility index (Phi) is 3.57. The monoisotopic (exact) mass is 282 g/mol. The average molecular weight is 283 g/mol. The number of halogens is 1. The molecule has 0 atom stereocenters. The van der Waals surface area contributed by atoms with Gasteiger partial charge in [-0.2, -0.15) is 0 Å². The highest BCUT2D eigenvalue weighted by molar-refractivity contribution is 6.30. The summed E-state index contributed by atoms with van der Waals surface area (Å²) in [5.74, 6) is 0. The van der Waals surface area contributed by atoms with E-state index in [0.29, 0.717) is 0 Å². The van der Waals surface area contributed by atoms with Gasteiger partial charge in [0.15, 0.2) is 0 Å². The lowest BCUT2D eigenvalue weighted by molar-refractivity contribution is 0.807. The Hall–Kier alpha value is -2.06. The molecule has 2 heterocycles. The summed E-state index contributed by atoms with van der Waals surface area (Å²) in [6.45, 7) is 2.95. The second kappa shape index (κ2) is 5.51. The van der Waals surface area contributed by atoms with Gasteiger partial charge in [0.25, 0.3) is 0 Å². The SMILES string of the molecule is Cc1ccncc1-c1ccn(Cc2ccc(Cl)cc2)c1. The molecule has 0 radical (unpaired) electrons. The van der Waals surface area contributed by atoms with Gasteiger partial charge in [-0.1, -0.05) is 23.7 Å². The Balaban J connectivity index is 1.84. The molecule has 0 aliphatic heterocycles. The summed E-state index contributed by atoms with van der Waals surface area (Å²) in [6, 6.07) is 12.1. The van der Waals surface area contributed by atoms with Crippen LogP contribution in [0, 0.1) is 6.92 Å². The summed E-state index contributed by atoms with van der Waals surface area (Å²) in [5.41, 5.74) is 4.86. The van der Waals surface area contributed by atoms with Gasteiger partial charge in [0.2, 0.25) is 0 Å². The maximum atomic E-state index is 5.90. The van der Waals surface area contributed by atoms with Gasteiger partial charge >= 0.3 is 0 Å². The Labute approximate surface area is 123 Å². The van der Waals surface area contributed by atoms with Crippen molar-refractivity contribution < 1.29 is 0 Å². The van der Waals surface area contributed by atoms with Gasteiger partial charge in [-0.3, -0.25) is 4.98 Å². The summed E-state index contributed by atoms with van der Waals surface area (Å²) >= 11 is 5.90. The van der Waals surface area contributed by atoms with Crippen LogP contribution in [-0.2, 0) is 6.54 Å². The lowest BCUT2D eigenvalue weighted by atomic mass is 10.1. The summed E-state index contributed by atoms with van der Waals surface area (Å²) in [5, 5.41) is 0.771. The van der Waals surface area contributed by atoms with Crippen molar-refractivity contribution in [2.45, 2.75) is 13.5 Å². The average Bonchev–Trinajstić information content (AvgIpc) is 2.90. The predicted octanol–water partition coefficient (Wildman–Crippen LogP) is 4.56. The van der Waals surface area contributed by atoms with Crippen LogP contribution in [0.4, 0.5) is 0 Å². The molecule has 0 aliphatic carbocycles. The first kappa shape index (κ1) is 12.9. The predicted molar refractivity (Wildman–Crippen MR) is 83.0 cm³/mol. The van der Waals surface area contributed by atoms with Gasteiger partial charge < -0.3 is 4.57 Å². The minimum atomic E-state index is 0.771. The van der Waals surface area contributed by atoms with E-state index in [1.165, 1.54) is 22.3 Å². The van der Waals surface area contributed by atoms with E-state index in [2.05, 4.69) is 47.1 Å². The summed E-state index contributed by atoms with van der Waals surface area (Å²) in [6.07, 6.45) is 7.98. The number of aryl methyl sites for hydroxylation is 1. The van der Waals surface area contributed by atoms with Crippen molar-refractivity contribution in [2.24, 2.45) is 0 Å². The third-order valence-corrected chi connectivity index (χ3v) is 3.63. The number of benzene rings is 1. The van der Waals surface area contributed by atoms with Crippen LogP contribution in [0.5, 0.6) is 0 Å². The van der Waals surface area contributed by atoms with Crippen LogP contribution in [0.1, 0.15) is 11.1 Å². The second-order valence-corrected chi connectivity index (χ2v) is 5.33. The fourth-order valence-electron chi connectivity index (χ4n) is 2.27. The fourth-order valence-corrected chi connectivity index (χ4v) is 2.39. The number of hydrogen-bond acceptors (Lipinski definition) is 1. The fraction of sp³-hybridized carbons (Fsp3) is 0.118. The zero-order valence-corrected chi connectivity index (χ0v) is 12.0. The van der Waals surface area contributed by atoms with Gasteiger partial charge in [0.1, 0.15) is 0 Å². The zero-order chi connectivity index (χ0) is 13.9. The largest absolute Gasteiger partial charge is 0.349 e. The van der Waals surface area contributed by atoms with Gasteiger partial charge in [0, 0.05) is 47.5 Å². The summed E-state index contributed by atoms with van der Waals surface area (Å²) in [7, 11) is 0. The third-order valence-electron chi connectivity index (χ3n) is 3.38. The van der Waals surface area contributed by atoms with Crippen LogP contribution in [0.25, 0.3) is 11.1 Å². The quantitative estimate of drug-likeness (QED) is 0.688. The van der Waals surface area contributed by atoms with E-state index < -0.39 is 0 Å². The normalized spacial score (nSPS) is 10.7. The van der Waals surface area contributed by atoms with Crippen molar-refractivity contribution in [1.82, 2.24) is 9.55 Å². The molecule has 100 valence electrons. The van der Waals surface area contributed by atoms with E-state index in [4.69, 9.17) is 11.6 Å². The van der Waals surface area contributed by atoms with Gasteiger partial charge in [-0.05, 0) is 42.3 Å². The van der Waals surface area contributed by atoms with Gasteiger partial charge in [0.05, 0.1) is 0 Å². The number of hydrogen-bond donors (Lipinski definition) is 0. The highest BCUT2D eigenvalue weighted by Crippen LogP contribution is 2.22. The van der Waals surface area contributed by atoms with Crippen molar-refractivity contribution in [3.05, 3.63) is 77.3 Å². The minimum Gasteiger partial charge on any atom is -0.349 e. The topological polar surface area (TPSA) is 17.8 Å². The van der Waals surface area contributed by atoms with Crippen LogP contribution in [0.2, 0.25) is 5.02 Å². The van der Waals surface area contributed by atoms with E-state index in [0.717, 1.165) is 11.6 Å². The molecule has 3 rings (SSSR count). The standard InChI is InChI=1S/C17H15ClN2/c1-13-6-8-19-10-17(13)15-7-9-20(12-15)11-14-2-4-16(18)5-3-14/h2-10,12H,11H2,1H3. The lowest BCUT2D eigenvalue weighted by Crippen LogP contribution is -1.95. The van der Waals surface area contributed by atoms with Gasteiger partial charge in [-0.15, -0.1) is 0 Å². The molecule has 20 heavy (non-hydrogen) atoms. The lowest BCUT2D eigenvalue weighted by Gasteiger charge is -2.04. The molecular weight excluding hydrogens is 268 g/mol. The van der Waals surface area contributed by atoms with Crippen LogP contribution in [-0.4, -0.2) is 9.55 Å². The van der Waals surface area contributed by atoms with Crippen LogP contribution >= 0.6 is 11.6 Å². The van der Waals surface area contributed by atoms with Crippen molar-refractivity contribution >= 4 is 11.6 Å². The van der Waals surface area contributed by atoms with Crippen molar-refractivity contribution in [1.29, 1.82) is 0 Å². The van der Waals surface area contributed by atoms with Crippen molar-refractivity contribution in [2.75, 3.05) is 0 Å². The van der Waals surface area contributed by atoms with E-state index >= 15 is 0 Å².